The average Bonchev–Trinajstić information content (AvgIpc) is 3.27. The van der Waals surface area contributed by atoms with E-state index in [2.05, 4.69) is 48.5 Å². The molecule has 0 spiro atoms. The van der Waals surface area contributed by atoms with E-state index >= 15 is 0 Å². The third-order valence-corrected chi connectivity index (χ3v) is 3.16. The van der Waals surface area contributed by atoms with Crippen molar-refractivity contribution in [3.05, 3.63) is 29.8 Å². The molecule has 116 valence electrons. The first-order chi connectivity index (χ1) is 10.2. The minimum atomic E-state index is 0.537. The summed E-state index contributed by atoms with van der Waals surface area (Å²) in [6, 6.07) is 8.81. The van der Waals surface area contributed by atoms with Crippen molar-refractivity contribution in [1.82, 2.24) is 10.6 Å². The first-order valence-corrected chi connectivity index (χ1v) is 7.94. The molecule has 4 heteroatoms. The van der Waals surface area contributed by atoms with Crippen LogP contribution in [0, 0.1) is 5.92 Å². The Bertz CT molecular complexity index is 467. The zero-order chi connectivity index (χ0) is 15.1. The molecule has 0 saturated heterocycles. The molecule has 0 unspecified atom stereocenters. The Labute approximate surface area is 128 Å². The van der Waals surface area contributed by atoms with Crippen molar-refractivity contribution >= 4 is 5.96 Å². The van der Waals surface area contributed by atoms with Crippen LogP contribution in [0.4, 0.5) is 0 Å². The SMILES string of the molecule is CCNC(=NCc1cccc(OCC(C)C)c1)NC1CC1. The molecular formula is C17H27N3O. The summed E-state index contributed by atoms with van der Waals surface area (Å²) in [5.74, 6) is 2.37. The van der Waals surface area contributed by atoms with E-state index in [1.54, 1.807) is 0 Å². The Morgan fingerprint density at radius 2 is 2.19 bits per heavy atom. The van der Waals surface area contributed by atoms with E-state index in [9.17, 15) is 0 Å². The van der Waals surface area contributed by atoms with Crippen LogP contribution in [-0.4, -0.2) is 25.2 Å². The first kappa shape index (κ1) is 15.7. The van der Waals surface area contributed by atoms with Crippen molar-refractivity contribution in [2.45, 2.75) is 46.2 Å². The number of rotatable bonds is 7. The molecule has 1 saturated carbocycles. The maximum absolute atomic E-state index is 5.76. The number of benzene rings is 1. The Kier molecular flexibility index (Phi) is 5.90. The lowest BCUT2D eigenvalue weighted by molar-refractivity contribution is 0.271. The van der Waals surface area contributed by atoms with Crippen LogP contribution >= 0.6 is 0 Å². The lowest BCUT2D eigenvalue weighted by atomic mass is 10.2. The number of aliphatic imine (C=N–C) groups is 1. The van der Waals surface area contributed by atoms with Gasteiger partial charge in [-0.15, -0.1) is 0 Å². The van der Waals surface area contributed by atoms with Gasteiger partial charge in [0.25, 0.3) is 0 Å². The fraction of sp³-hybridized carbons (Fsp3) is 0.588. The van der Waals surface area contributed by atoms with Gasteiger partial charge in [0, 0.05) is 12.6 Å². The highest BCUT2D eigenvalue weighted by Gasteiger charge is 2.21. The minimum absolute atomic E-state index is 0.537. The summed E-state index contributed by atoms with van der Waals surface area (Å²) in [5.41, 5.74) is 1.17. The van der Waals surface area contributed by atoms with Crippen LogP contribution in [-0.2, 0) is 6.54 Å². The number of nitrogens with zero attached hydrogens (tertiary/aromatic N) is 1. The van der Waals surface area contributed by atoms with Crippen LogP contribution in [0.3, 0.4) is 0 Å². The van der Waals surface area contributed by atoms with Gasteiger partial charge in [-0.05, 0) is 43.4 Å². The Morgan fingerprint density at radius 1 is 1.38 bits per heavy atom. The van der Waals surface area contributed by atoms with Crippen molar-refractivity contribution in [2.75, 3.05) is 13.2 Å². The van der Waals surface area contributed by atoms with Crippen molar-refractivity contribution in [2.24, 2.45) is 10.9 Å². The summed E-state index contributed by atoms with van der Waals surface area (Å²) in [5, 5.41) is 6.71. The maximum atomic E-state index is 5.76. The van der Waals surface area contributed by atoms with E-state index in [1.807, 2.05) is 12.1 Å². The number of hydrogen-bond donors (Lipinski definition) is 2. The van der Waals surface area contributed by atoms with Crippen molar-refractivity contribution < 1.29 is 4.74 Å². The number of hydrogen-bond acceptors (Lipinski definition) is 2. The highest BCUT2D eigenvalue weighted by Crippen LogP contribution is 2.18. The lowest BCUT2D eigenvalue weighted by Gasteiger charge is -2.11. The largest absolute Gasteiger partial charge is 0.493 e. The number of guanidine groups is 1. The van der Waals surface area contributed by atoms with E-state index in [0.717, 1.165) is 24.9 Å². The summed E-state index contributed by atoms with van der Waals surface area (Å²) >= 11 is 0. The minimum Gasteiger partial charge on any atom is -0.493 e. The summed E-state index contributed by atoms with van der Waals surface area (Å²) in [4.78, 5) is 4.64. The third-order valence-electron chi connectivity index (χ3n) is 3.16. The Hall–Kier alpha value is -1.71. The zero-order valence-electron chi connectivity index (χ0n) is 13.4. The van der Waals surface area contributed by atoms with Gasteiger partial charge in [0.2, 0.25) is 0 Å². The highest BCUT2D eigenvalue weighted by atomic mass is 16.5. The molecule has 2 N–H and O–H groups in total. The van der Waals surface area contributed by atoms with E-state index < -0.39 is 0 Å². The molecular weight excluding hydrogens is 262 g/mol. The van der Waals surface area contributed by atoms with Gasteiger partial charge in [-0.3, -0.25) is 0 Å². The molecule has 0 radical (unpaired) electrons. The third kappa shape index (κ3) is 6.06. The number of ether oxygens (including phenoxy) is 1. The van der Waals surface area contributed by atoms with Gasteiger partial charge < -0.3 is 15.4 Å². The summed E-state index contributed by atoms with van der Waals surface area (Å²) in [7, 11) is 0. The van der Waals surface area contributed by atoms with Gasteiger partial charge >= 0.3 is 0 Å². The molecule has 1 aliphatic rings. The number of nitrogens with one attached hydrogen (secondary N) is 2. The predicted octanol–water partition coefficient (Wildman–Crippen LogP) is 2.94. The van der Waals surface area contributed by atoms with Gasteiger partial charge in [0.15, 0.2) is 5.96 Å². The van der Waals surface area contributed by atoms with Crippen LogP contribution in [0.2, 0.25) is 0 Å². The average molecular weight is 289 g/mol. The lowest BCUT2D eigenvalue weighted by Crippen LogP contribution is -2.38. The van der Waals surface area contributed by atoms with E-state index in [0.29, 0.717) is 18.5 Å². The molecule has 0 amide bonds. The standard InChI is InChI=1S/C17H27N3O/c1-4-18-17(20-15-8-9-15)19-11-14-6-5-7-16(10-14)21-12-13(2)3/h5-7,10,13,15H,4,8-9,11-12H2,1-3H3,(H2,18,19,20). The zero-order valence-corrected chi connectivity index (χ0v) is 13.4. The molecule has 1 aromatic rings. The molecule has 0 atom stereocenters. The van der Waals surface area contributed by atoms with Gasteiger partial charge in [0.05, 0.1) is 13.2 Å². The fourth-order valence-electron chi connectivity index (χ4n) is 1.91. The maximum Gasteiger partial charge on any atom is 0.191 e. The van der Waals surface area contributed by atoms with Gasteiger partial charge in [-0.2, -0.15) is 0 Å². The van der Waals surface area contributed by atoms with Crippen LogP contribution < -0.4 is 15.4 Å². The second-order valence-electron chi connectivity index (χ2n) is 5.97. The molecule has 4 nitrogen and oxygen atoms in total. The molecule has 0 aromatic heterocycles. The van der Waals surface area contributed by atoms with Crippen LogP contribution in [0.1, 0.15) is 39.2 Å². The molecule has 0 heterocycles. The summed E-state index contributed by atoms with van der Waals surface area (Å²) in [6.07, 6.45) is 2.51. The van der Waals surface area contributed by atoms with Crippen LogP contribution in [0.25, 0.3) is 0 Å². The monoisotopic (exact) mass is 289 g/mol. The van der Waals surface area contributed by atoms with E-state index in [4.69, 9.17) is 4.74 Å². The Morgan fingerprint density at radius 3 is 2.86 bits per heavy atom. The summed E-state index contributed by atoms with van der Waals surface area (Å²) < 4.78 is 5.76. The van der Waals surface area contributed by atoms with Crippen molar-refractivity contribution in [3.63, 3.8) is 0 Å². The van der Waals surface area contributed by atoms with Gasteiger partial charge in [-0.1, -0.05) is 26.0 Å². The van der Waals surface area contributed by atoms with Crippen LogP contribution in [0.15, 0.2) is 29.3 Å². The topological polar surface area (TPSA) is 45.7 Å². The predicted molar refractivity (Wildman–Crippen MR) is 87.7 cm³/mol. The second-order valence-corrected chi connectivity index (χ2v) is 5.97. The van der Waals surface area contributed by atoms with Crippen molar-refractivity contribution in [3.8, 4) is 5.75 Å². The quantitative estimate of drug-likeness (QED) is 0.599. The van der Waals surface area contributed by atoms with Gasteiger partial charge in [0.1, 0.15) is 5.75 Å². The molecule has 0 bridgehead atoms. The molecule has 1 fully saturated rings. The summed E-state index contributed by atoms with van der Waals surface area (Å²) in [6.45, 7) is 8.70. The molecule has 21 heavy (non-hydrogen) atoms. The normalized spacial score (nSPS) is 15.1. The Balaban J connectivity index is 1.92. The van der Waals surface area contributed by atoms with Crippen LogP contribution in [0.5, 0.6) is 5.75 Å². The van der Waals surface area contributed by atoms with E-state index in [-0.39, 0.29) is 0 Å². The molecule has 0 aliphatic heterocycles. The second kappa shape index (κ2) is 7.91. The smallest absolute Gasteiger partial charge is 0.191 e. The first-order valence-electron chi connectivity index (χ1n) is 7.94. The van der Waals surface area contributed by atoms with Crippen molar-refractivity contribution in [1.29, 1.82) is 0 Å². The highest BCUT2D eigenvalue weighted by molar-refractivity contribution is 5.80. The van der Waals surface area contributed by atoms with E-state index in [1.165, 1.54) is 18.4 Å². The fourth-order valence-corrected chi connectivity index (χ4v) is 1.91. The molecule has 2 rings (SSSR count). The molecule has 1 aromatic carbocycles. The van der Waals surface area contributed by atoms with Gasteiger partial charge in [-0.25, -0.2) is 4.99 Å². The molecule has 1 aliphatic carbocycles.